The van der Waals surface area contributed by atoms with Crippen LogP contribution in [0.2, 0.25) is 0 Å². The molecule has 0 unspecified atom stereocenters. The van der Waals surface area contributed by atoms with Gasteiger partial charge in [0.2, 0.25) is 5.91 Å². The Kier molecular flexibility index (Phi) is 7.34. The average molecular weight is 354 g/mol. The number of nitrogens with one attached hydrogen (secondary N) is 1. The molecule has 0 aliphatic carbocycles. The van der Waals surface area contributed by atoms with E-state index in [1.54, 1.807) is 12.1 Å². The molecule has 0 atom stereocenters. The summed E-state index contributed by atoms with van der Waals surface area (Å²) in [4.78, 5) is 16.6. The fourth-order valence-corrected chi connectivity index (χ4v) is 3.56. The largest absolute Gasteiger partial charge is 0.508 e. The van der Waals surface area contributed by atoms with Gasteiger partial charge in [0.1, 0.15) is 5.75 Å². The van der Waals surface area contributed by atoms with Crippen LogP contribution in [0, 0.1) is 0 Å². The molecule has 3 rings (SSSR count). The summed E-state index contributed by atoms with van der Waals surface area (Å²) >= 11 is 0. The first kappa shape index (κ1) is 19.0. The van der Waals surface area contributed by atoms with E-state index in [-0.39, 0.29) is 12.4 Å². The minimum absolute atomic E-state index is 0. The van der Waals surface area contributed by atoms with E-state index in [0.717, 1.165) is 58.7 Å². The Hall–Kier alpha value is -1.30. The number of rotatable bonds is 4. The van der Waals surface area contributed by atoms with Crippen LogP contribution in [-0.2, 0) is 4.79 Å². The van der Waals surface area contributed by atoms with Gasteiger partial charge in [0.25, 0.3) is 0 Å². The number of carbonyl (C=O) groups excluding carboxylic acids is 1. The van der Waals surface area contributed by atoms with Crippen molar-refractivity contribution in [2.45, 2.75) is 25.2 Å². The molecule has 1 aromatic carbocycles. The van der Waals surface area contributed by atoms with Gasteiger partial charge in [-0.2, -0.15) is 0 Å². The smallest absolute Gasteiger partial charge is 0.223 e. The molecule has 134 valence electrons. The molecule has 6 heteroatoms. The summed E-state index contributed by atoms with van der Waals surface area (Å²) in [6, 6.07) is 7.61. The van der Waals surface area contributed by atoms with Crippen molar-refractivity contribution in [1.82, 2.24) is 15.1 Å². The summed E-state index contributed by atoms with van der Waals surface area (Å²) in [6.07, 6.45) is 2.91. The van der Waals surface area contributed by atoms with Gasteiger partial charge in [-0.3, -0.25) is 4.79 Å². The zero-order chi connectivity index (χ0) is 16.1. The third-order valence-electron chi connectivity index (χ3n) is 5.06. The Labute approximate surface area is 150 Å². The fraction of sp³-hybridized carbons (Fsp3) is 0.611. The van der Waals surface area contributed by atoms with Gasteiger partial charge in [0.15, 0.2) is 0 Å². The minimum Gasteiger partial charge on any atom is -0.508 e. The van der Waals surface area contributed by atoms with E-state index in [0.29, 0.717) is 24.0 Å². The van der Waals surface area contributed by atoms with Gasteiger partial charge in [0.05, 0.1) is 0 Å². The number of phenols is 1. The summed E-state index contributed by atoms with van der Waals surface area (Å²) in [6.45, 7) is 6.53. The standard InChI is InChI=1S/C18H27N3O2.ClH/c22-17-3-1-15(2-4-17)16-5-10-20(11-6-16)12-7-18(23)21-13-8-19-9-14-21;/h1-4,16,19,22H,5-14H2;1H. The van der Waals surface area contributed by atoms with E-state index in [9.17, 15) is 9.90 Å². The molecule has 2 aliphatic rings. The van der Waals surface area contributed by atoms with Gasteiger partial charge in [0, 0.05) is 39.1 Å². The van der Waals surface area contributed by atoms with E-state index in [1.807, 2.05) is 17.0 Å². The van der Waals surface area contributed by atoms with Crippen LogP contribution in [0.25, 0.3) is 0 Å². The van der Waals surface area contributed by atoms with E-state index < -0.39 is 0 Å². The molecule has 2 aliphatic heterocycles. The second-order valence-corrected chi connectivity index (χ2v) is 6.59. The summed E-state index contributed by atoms with van der Waals surface area (Å²) < 4.78 is 0. The van der Waals surface area contributed by atoms with Crippen LogP contribution < -0.4 is 5.32 Å². The van der Waals surface area contributed by atoms with Crippen molar-refractivity contribution in [1.29, 1.82) is 0 Å². The van der Waals surface area contributed by atoms with Crippen LogP contribution in [0.15, 0.2) is 24.3 Å². The molecule has 1 amide bonds. The number of carbonyl (C=O) groups is 1. The van der Waals surface area contributed by atoms with Gasteiger partial charge in [-0.15, -0.1) is 12.4 Å². The molecule has 2 saturated heterocycles. The summed E-state index contributed by atoms with van der Waals surface area (Å²) in [7, 11) is 0. The van der Waals surface area contributed by atoms with Crippen LogP contribution in [0.1, 0.15) is 30.7 Å². The molecule has 1 aromatic rings. The van der Waals surface area contributed by atoms with Gasteiger partial charge in [-0.25, -0.2) is 0 Å². The lowest BCUT2D eigenvalue weighted by Crippen LogP contribution is -2.47. The highest BCUT2D eigenvalue weighted by Crippen LogP contribution is 2.29. The third kappa shape index (κ3) is 5.10. The third-order valence-corrected chi connectivity index (χ3v) is 5.06. The zero-order valence-electron chi connectivity index (χ0n) is 14.1. The maximum atomic E-state index is 12.2. The fourth-order valence-electron chi connectivity index (χ4n) is 3.56. The maximum Gasteiger partial charge on any atom is 0.223 e. The van der Waals surface area contributed by atoms with Gasteiger partial charge in [-0.1, -0.05) is 12.1 Å². The Balaban J connectivity index is 0.00000208. The molecule has 0 bridgehead atoms. The first-order valence-electron chi connectivity index (χ1n) is 8.72. The Bertz CT molecular complexity index is 510. The van der Waals surface area contributed by atoms with Crippen molar-refractivity contribution in [3.05, 3.63) is 29.8 Å². The highest BCUT2D eigenvalue weighted by atomic mass is 35.5. The number of likely N-dealkylation sites (tertiary alicyclic amines) is 1. The number of nitrogens with zero attached hydrogens (tertiary/aromatic N) is 2. The number of hydrogen-bond acceptors (Lipinski definition) is 4. The quantitative estimate of drug-likeness (QED) is 0.867. The number of aromatic hydroxyl groups is 1. The van der Waals surface area contributed by atoms with E-state index in [1.165, 1.54) is 5.56 Å². The van der Waals surface area contributed by atoms with Crippen molar-refractivity contribution in [3.63, 3.8) is 0 Å². The molecular weight excluding hydrogens is 326 g/mol. The SMILES string of the molecule is Cl.O=C(CCN1CCC(c2ccc(O)cc2)CC1)N1CCNCC1. The van der Waals surface area contributed by atoms with Crippen LogP contribution in [0.3, 0.4) is 0 Å². The number of amides is 1. The predicted octanol–water partition coefficient (Wildman–Crippen LogP) is 1.82. The van der Waals surface area contributed by atoms with Crippen LogP contribution in [0.4, 0.5) is 0 Å². The molecular formula is C18H28ClN3O2. The molecule has 0 radical (unpaired) electrons. The number of benzene rings is 1. The van der Waals surface area contributed by atoms with Gasteiger partial charge in [-0.05, 0) is 49.5 Å². The van der Waals surface area contributed by atoms with Crippen molar-refractivity contribution in [3.8, 4) is 5.75 Å². The summed E-state index contributed by atoms with van der Waals surface area (Å²) in [5.74, 6) is 1.21. The van der Waals surface area contributed by atoms with E-state index in [2.05, 4.69) is 10.2 Å². The first-order chi connectivity index (χ1) is 11.2. The van der Waals surface area contributed by atoms with Crippen molar-refractivity contribution in [2.75, 3.05) is 45.8 Å². The lowest BCUT2D eigenvalue weighted by Gasteiger charge is -2.33. The first-order valence-corrected chi connectivity index (χ1v) is 8.72. The molecule has 0 saturated carbocycles. The number of hydrogen-bond donors (Lipinski definition) is 2. The highest BCUT2D eigenvalue weighted by Gasteiger charge is 2.22. The van der Waals surface area contributed by atoms with Crippen molar-refractivity contribution < 1.29 is 9.90 Å². The molecule has 0 aromatic heterocycles. The molecule has 5 nitrogen and oxygen atoms in total. The second kappa shape index (κ2) is 9.25. The normalized spacial score (nSPS) is 19.8. The molecule has 2 fully saturated rings. The predicted molar refractivity (Wildman–Crippen MR) is 97.8 cm³/mol. The Morgan fingerprint density at radius 3 is 2.33 bits per heavy atom. The Morgan fingerprint density at radius 2 is 1.71 bits per heavy atom. The summed E-state index contributed by atoms with van der Waals surface area (Å²) in [5, 5.41) is 12.7. The topological polar surface area (TPSA) is 55.8 Å². The zero-order valence-corrected chi connectivity index (χ0v) is 14.9. The van der Waals surface area contributed by atoms with Crippen LogP contribution in [-0.4, -0.2) is 66.6 Å². The monoisotopic (exact) mass is 353 g/mol. The van der Waals surface area contributed by atoms with Gasteiger partial charge < -0.3 is 20.2 Å². The van der Waals surface area contributed by atoms with Crippen molar-refractivity contribution >= 4 is 18.3 Å². The van der Waals surface area contributed by atoms with Gasteiger partial charge >= 0.3 is 0 Å². The molecule has 2 heterocycles. The molecule has 24 heavy (non-hydrogen) atoms. The van der Waals surface area contributed by atoms with Crippen molar-refractivity contribution in [2.24, 2.45) is 0 Å². The van der Waals surface area contributed by atoms with E-state index in [4.69, 9.17) is 0 Å². The number of piperazine rings is 1. The lowest BCUT2D eigenvalue weighted by molar-refractivity contribution is -0.132. The number of halogens is 1. The average Bonchev–Trinajstić information content (AvgIpc) is 2.61. The van der Waals surface area contributed by atoms with Crippen LogP contribution >= 0.6 is 12.4 Å². The minimum atomic E-state index is 0. The second-order valence-electron chi connectivity index (χ2n) is 6.59. The maximum absolute atomic E-state index is 12.2. The number of piperidine rings is 1. The number of phenolic OH excluding ortho intramolecular Hbond substituents is 1. The molecule has 0 spiro atoms. The summed E-state index contributed by atoms with van der Waals surface area (Å²) in [5.41, 5.74) is 1.32. The van der Waals surface area contributed by atoms with Crippen LogP contribution in [0.5, 0.6) is 5.75 Å². The molecule has 2 N–H and O–H groups in total. The highest BCUT2D eigenvalue weighted by molar-refractivity contribution is 5.85. The van der Waals surface area contributed by atoms with E-state index >= 15 is 0 Å². The lowest BCUT2D eigenvalue weighted by atomic mass is 9.89. The Morgan fingerprint density at radius 1 is 1.08 bits per heavy atom.